The maximum atomic E-state index is 13.2. The fourth-order valence-corrected chi connectivity index (χ4v) is 4.96. The van der Waals surface area contributed by atoms with Crippen LogP contribution in [0.3, 0.4) is 0 Å². The van der Waals surface area contributed by atoms with Crippen LogP contribution in [0.5, 0.6) is 0 Å². The van der Waals surface area contributed by atoms with Crippen LogP contribution in [0.15, 0.2) is 94.9 Å². The second-order valence-corrected chi connectivity index (χ2v) is 9.30. The second kappa shape index (κ2) is 8.39. The molecule has 0 amide bonds. The lowest BCUT2D eigenvalue weighted by molar-refractivity contribution is 0.592. The molecule has 0 bridgehead atoms. The molecule has 0 fully saturated rings. The van der Waals surface area contributed by atoms with E-state index in [-0.39, 0.29) is 15.6 Å². The third kappa shape index (κ3) is 3.69. The van der Waals surface area contributed by atoms with E-state index >= 15 is 0 Å². The molecule has 3 aromatic carbocycles. The molecule has 0 aliphatic carbocycles. The number of benzene rings is 3. The van der Waals surface area contributed by atoms with E-state index in [4.69, 9.17) is 0 Å². The number of aromatic nitrogens is 4. The molecule has 0 aliphatic heterocycles. The van der Waals surface area contributed by atoms with Gasteiger partial charge in [-0.1, -0.05) is 65.9 Å². The summed E-state index contributed by atoms with van der Waals surface area (Å²) in [7, 11) is -3.85. The lowest BCUT2D eigenvalue weighted by Gasteiger charge is -2.10. The van der Waals surface area contributed by atoms with Gasteiger partial charge in [0.1, 0.15) is 5.82 Å². The number of hydrogen-bond donors (Lipinski definition) is 1. The molecule has 5 aromatic rings. The van der Waals surface area contributed by atoms with Gasteiger partial charge >= 0.3 is 0 Å². The number of hydrogen-bond acceptors (Lipinski definition) is 6. The molecule has 32 heavy (non-hydrogen) atoms. The highest BCUT2D eigenvalue weighted by atomic mass is 32.2. The summed E-state index contributed by atoms with van der Waals surface area (Å²) >= 11 is 0. The van der Waals surface area contributed by atoms with Gasteiger partial charge in [-0.3, -0.25) is 0 Å². The molecule has 7 nitrogen and oxygen atoms in total. The van der Waals surface area contributed by atoms with Gasteiger partial charge in [0.2, 0.25) is 14.9 Å². The minimum absolute atomic E-state index is 0.151. The molecule has 0 unspecified atom stereocenters. The zero-order valence-corrected chi connectivity index (χ0v) is 18.0. The van der Waals surface area contributed by atoms with Crippen LogP contribution in [0, 0.1) is 0 Å². The summed E-state index contributed by atoms with van der Waals surface area (Å²) in [4.78, 5) is 4.81. The second-order valence-electron chi connectivity index (χ2n) is 7.44. The molecule has 1 N–H and O–H groups in total. The van der Waals surface area contributed by atoms with Crippen molar-refractivity contribution in [1.82, 2.24) is 19.8 Å². The first kappa shape index (κ1) is 20.1. The first-order valence-corrected chi connectivity index (χ1v) is 11.8. The van der Waals surface area contributed by atoms with Crippen LogP contribution in [0.4, 0.5) is 5.82 Å². The van der Waals surface area contributed by atoms with E-state index in [1.165, 1.54) is 10.1 Å². The molecule has 5 rings (SSSR count). The lowest BCUT2D eigenvalue weighted by Crippen LogP contribution is -2.08. The fourth-order valence-electron chi connectivity index (χ4n) is 3.71. The molecule has 0 atom stereocenters. The van der Waals surface area contributed by atoms with Crippen molar-refractivity contribution in [2.45, 2.75) is 22.8 Å². The average molecular weight is 444 g/mol. The third-order valence-electron chi connectivity index (χ3n) is 5.31. The van der Waals surface area contributed by atoms with Gasteiger partial charge in [0, 0.05) is 11.9 Å². The normalized spacial score (nSPS) is 11.8. The first-order valence-electron chi connectivity index (χ1n) is 10.4. The lowest BCUT2D eigenvalue weighted by atomic mass is 10.1. The summed E-state index contributed by atoms with van der Waals surface area (Å²) in [6, 6.07) is 26.1. The minimum Gasteiger partial charge on any atom is -0.369 e. The van der Waals surface area contributed by atoms with Crippen LogP contribution < -0.4 is 5.32 Å². The Hall–Kier alpha value is -3.78. The molecule has 0 saturated heterocycles. The monoisotopic (exact) mass is 443 g/mol. The molecule has 0 radical (unpaired) electrons. The van der Waals surface area contributed by atoms with E-state index in [2.05, 4.69) is 32.7 Å². The van der Waals surface area contributed by atoms with Crippen LogP contribution in [-0.4, -0.2) is 34.8 Å². The van der Waals surface area contributed by atoms with Crippen molar-refractivity contribution in [3.8, 4) is 0 Å². The number of fused-ring (bicyclic) bond motifs is 3. The number of anilines is 1. The van der Waals surface area contributed by atoms with Crippen molar-refractivity contribution >= 4 is 32.2 Å². The molecule has 160 valence electrons. The number of nitrogens with one attached hydrogen (secondary N) is 1. The average Bonchev–Trinajstić information content (AvgIpc) is 3.28. The number of rotatable bonds is 7. The Labute approximate surface area is 185 Å². The summed E-state index contributed by atoms with van der Waals surface area (Å²) in [6.07, 6.45) is 1.85. The van der Waals surface area contributed by atoms with Crippen LogP contribution >= 0.6 is 0 Å². The van der Waals surface area contributed by atoms with Crippen LogP contribution in [-0.2, 0) is 16.3 Å². The van der Waals surface area contributed by atoms with Crippen molar-refractivity contribution in [1.29, 1.82) is 0 Å². The Morgan fingerprint density at radius 1 is 0.844 bits per heavy atom. The molecule has 0 saturated carbocycles. The van der Waals surface area contributed by atoms with Crippen molar-refractivity contribution in [3.05, 3.63) is 90.5 Å². The van der Waals surface area contributed by atoms with E-state index in [1.54, 1.807) is 30.3 Å². The Kier molecular flexibility index (Phi) is 5.28. The predicted octanol–water partition coefficient (Wildman–Crippen LogP) is 4.16. The minimum atomic E-state index is -3.85. The number of para-hydroxylation sites is 1. The Morgan fingerprint density at radius 3 is 2.31 bits per heavy atom. The van der Waals surface area contributed by atoms with Crippen LogP contribution in [0.25, 0.3) is 16.6 Å². The molecule has 2 heterocycles. The standard InChI is InChI=1S/C24H21N5O2S/c30-32(31,19-13-5-2-6-14-19)24-23-26-22(25-17-9-12-18-10-3-1-4-11-18)20-15-7-8-16-21(20)29(23)28-27-24/h1-8,10-11,13-16H,9,12,17H2,(H,25,26). The third-order valence-corrected chi connectivity index (χ3v) is 6.97. The SMILES string of the molecule is O=S(=O)(c1ccccc1)c1nnn2c1nc(NCCCc1ccccc1)c1ccccc12. The number of nitrogens with zero attached hydrogens (tertiary/aromatic N) is 4. The molecule has 0 spiro atoms. The Balaban J connectivity index is 1.52. The Morgan fingerprint density at radius 2 is 1.53 bits per heavy atom. The van der Waals surface area contributed by atoms with E-state index in [0.29, 0.717) is 12.4 Å². The van der Waals surface area contributed by atoms with Gasteiger partial charge in [-0.2, -0.15) is 4.52 Å². The van der Waals surface area contributed by atoms with Gasteiger partial charge in [0.05, 0.1) is 10.4 Å². The summed E-state index contributed by atoms with van der Waals surface area (Å²) in [6.45, 7) is 0.699. The highest BCUT2D eigenvalue weighted by Gasteiger charge is 2.26. The van der Waals surface area contributed by atoms with Gasteiger partial charge < -0.3 is 5.32 Å². The maximum Gasteiger partial charge on any atom is 0.229 e. The summed E-state index contributed by atoms with van der Waals surface area (Å²) in [5.74, 6) is 0.618. The van der Waals surface area contributed by atoms with Gasteiger partial charge in [-0.15, -0.1) is 5.10 Å². The molecular formula is C24H21N5O2S. The summed E-state index contributed by atoms with van der Waals surface area (Å²) < 4.78 is 27.9. The van der Waals surface area contributed by atoms with Gasteiger partial charge in [-0.25, -0.2) is 13.4 Å². The fraction of sp³-hybridized carbons (Fsp3) is 0.125. The quantitative estimate of drug-likeness (QED) is 0.380. The highest BCUT2D eigenvalue weighted by molar-refractivity contribution is 7.91. The smallest absolute Gasteiger partial charge is 0.229 e. The zero-order valence-electron chi connectivity index (χ0n) is 17.2. The van der Waals surface area contributed by atoms with E-state index in [1.807, 2.05) is 42.5 Å². The largest absolute Gasteiger partial charge is 0.369 e. The maximum absolute atomic E-state index is 13.2. The van der Waals surface area contributed by atoms with E-state index in [0.717, 1.165) is 23.7 Å². The van der Waals surface area contributed by atoms with E-state index in [9.17, 15) is 8.42 Å². The topological polar surface area (TPSA) is 89.2 Å². The van der Waals surface area contributed by atoms with Gasteiger partial charge in [0.15, 0.2) is 5.65 Å². The summed E-state index contributed by atoms with van der Waals surface area (Å²) in [5, 5.41) is 12.2. The Bertz CT molecular complexity index is 1480. The van der Waals surface area contributed by atoms with Crippen LogP contribution in [0.1, 0.15) is 12.0 Å². The molecular weight excluding hydrogens is 422 g/mol. The highest BCUT2D eigenvalue weighted by Crippen LogP contribution is 2.27. The molecule has 8 heteroatoms. The van der Waals surface area contributed by atoms with Crippen molar-refractivity contribution in [3.63, 3.8) is 0 Å². The van der Waals surface area contributed by atoms with Crippen molar-refractivity contribution < 1.29 is 8.42 Å². The van der Waals surface area contributed by atoms with Gasteiger partial charge in [0.25, 0.3) is 0 Å². The summed E-state index contributed by atoms with van der Waals surface area (Å²) in [5.41, 5.74) is 2.22. The number of aryl methyl sites for hydroxylation is 1. The van der Waals surface area contributed by atoms with E-state index < -0.39 is 9.84 Å². The molecule has 0 aliphatic rings. The van der Waals surface area contributed by atoms with Gasteiger partial charge in [-0.05, 0) is 42.7 Å². The predicted molar refractivity (Wildman–Crippen MR) is 123 cm³/mol. The number of sulfone groups is 1. The van der Waals surface area contributed by atoms with Crippen molar-refractivity contribution in [2.24, 2.45) is 0 Å². The molecule has 2 aromatic heterocycles. The zero-order chi connectivity index (χ0) is 22.0. The van der Waals surface area contributed by atoms with Crippen molar-refractivity contribution in [2.75, 3.05) is 11.9 Å². The van der Waals surface area contributed by atoms with Crippen LogP contribution in [0.2, 0.25) is 0 Å². The first-order chi connectivity index (χ1) is 15.6.